The summed E-state index contributed by atoms with van der Waals surface area (Å²) in [7, 11) is 1.79. The molecular weight excluding hydrogens is 765 g/mol. The molecule has 2 unspecified atom stereocenters. The predicted molar refractivity (Wildman–Crippen MR) is 212 cm³/mol. The Morgan fingerprint density at radius 2 is 1.81 bits per heavy atom. The number of carbonyl (C=O) groups is 1. The third-order valence-electron chi connectivity index (χ3n) is 9.34. The van der Waals surface area contributed by atoms with Gasteiger partial charge in [0.25, 0.3) is 5.91 Å². The maximum absolute atomic E-state index is 15.9. The van der Waals surface area contributed by atoms with Gasteiger partial charge >= 0.3 is 6.18 Å². The fourth-order valence-corrected chi connectivity index (χ4v) is 7.07. The highest BCUT2D eigenvalue weighted by atomic mass is 32.2. The molecule has 1 fully saturated rings. The average Bonchev–Trinajstić information content (AvgIpc) is 3.56. The Labute approximate surface area is 331 Å². The zero-order valence-electron chi connectivity index (χ0n) is 32.6. The molecule has 57 heavy (non-hydrogen) atoms. The van der Waals surface area contributed by atoms with Gasteiger partial charge in [0.05, 0.1) is 35.8 Å². The topological polar surface area (TPSA) is 120 Å². The van der Waals surface area contributed by atoms with Crippen molar-refractivity contribution in [2.24, 2.45) is 0 Å². The van der Waals surface area contributed by atoms with E-state index in [2.05, 4.69) is 10.6 Å². The van der Waals surface area contributed by atoms with Gasteiger partial charge in [-0.25, -0.2) is 18.3 Å². The fourth-order valence-electron chi connectivity index (χ4n) is 6.62. The van der Waals surface area contributed by atoms with Gasteiger partial charge < -0.3 is 24.8 Å². The van der Waals surface area contributed by atoms with E-state index in [1.54, 1.807) is 64.6 Å². The first-order valence-corrected chi connectivity index (χ1v) is 19.9. The van der Waals surface area contributed by atoms with Crippen molar-refractivity contribution in [3.8, 4) is 22.8 Å². The maximum Gasteiger partial charge on any atom is 0.393 e. The zero-order valence-corrected chi connectivity index (χ0v) is 33.4. The first kappa shape index (κ1) is 41.4. The second kappa shape index (κ2) is 17.1. The number of nitrogens with one attached hydrogen (secondary N) is 2. The summed E-state index contributed by atoms with van der Waals surface area (Å²) in [4.78, 5) is 18.8. The Kier molecular flexibility index (Phi) is 12.4. The summed E-state index contributed by atoms with van der Waals surface area (Å²) in [5, 5.41) is 11.3. The number of fused-ring (bicyclic) bond motifs is 1. The number of methoxy groups -OCH3 is 1. The average molecular weight is 811 g/mol. The third kappa shape index (κ3) is 10.0. The van der Waals surface area contributed by atoms with Crippen molar-refractivity contribution in [1.29, 1.82) is 0 Å². The van der Waals surface area contributed by atoms with Crippen LogP contribution in [0.1, 0.15) is 73.4 Å². The highest BCUT2D eigenvalue weighted by Gasteiger charge is 2.33. The third-order valence-corrected chi connectivity index (χ3v) is 10.3. The minimum Gasteiger partial charge on any atom is -0.497 e. The Balaban J connectivity index is 1.56. The number of benzene rings is 3. The summed E-state index contributed by atoms with van der Waals surface area (Å²) >= 11 is 0. The normalized spacial score (nSPS) is 15.3. The fraction of sp³-hybridized carbons (Fsp3) is 0.390. The van der Waals surface area contributed by atoms with E-state index in [-0.39, 0.29) is 52.6 Å². The lowest BCUT2D eigenvalue weighted by Gasteiger charge is -2.24. The molecule has 0 saturated carbocycles. The molecule has 6 rings (SSSR count). The molecule has 0 bridgehead atoms. The van der Waals surface area contributed by atoms with Crippen molar-refractivity contribution in [3.05, 3.63) is 94.9 Å². The number of amides is 1. The van der Waals surface area contributed by atoms with Gasteiger partial charge in [0.1, 0.15) is 29.2 Å². The SMILES string of the molecule is COc1ccc(N(C)S(C)=O)c(CNc2nc(-c3cc(F)c(OCc4ccccc4)cc3CC(F)(F)F)cc3c2c(C(=O)NC(C)(C)C)nn3C2CCCCO2)c1. The number of nitrogens with zero attached hydrogens (tertiary/aromatic N) is 4. The Morgan fingerprint density at radius 3 is 2.46 bits per heavy atom. The van der Waals surface area contributed by atoms with Crippen LogP contribution in [0, 0.1) is 5.82 Å². The zero-order chi connectivity index (χ0) is 41.1. The number of halogens is 4. The van der Waals surface area contributed by atoms with Gasteiger partial charge in [-0.3, -0.25) is 9.10 Å². The van der Waals surface area contributed by atoms with Crippen LogP contribution in [0.3, 0.4) is 0 Å². The van der Waals surface area contributed by atoms with Crippen LogP contribution in [-0.2, 0) is 35.3 Å². The number of carbonyl (C=O) groups excluding carboxylic acids is 1. The highest BCUT2D eigenvalue weighted by molar-refractivity contribution is 7.85. The smallest absolute Gasteiger partial charge is 0.393 e. The minimum atomic E-state index is -4.67. The number of rotatable bonds is 13. The summed E-state index contributed by atoms with van der Waals surface area (Å²) in [6, 6.07) is 17.7. The molecule has 2 aromatic heterocycles. The van der Waals surface area contributed by atoms with Gasteiger partial charge in [0.2, 0.25) is 0 Å². The second-order valence-electron chi connectivity index (χ2n) is 14.8. The maximum atomic E-state index is 15.9. The molecule has 1 saturated heterocycles. The van der Waals surface area contributed by atoms with Gasteiger partial charge in [-0.1, -0.05) is 30.3 Å². The quantitative estimate of drug-likeness (QED) is 0.114. The molecule has 0 aliphatic carbocycles. The van der Waals surface area contributed by atoms with E-state index in [1.165, 1.54) is 19.4 Å². The van der Waals surface area contributed by atoms with Crippen LogP contribution in [-0.4, -0.2) is 63.6 Å². The van der Waals surface area contributed by atoms with Crippen molar-refractivity contribution in [2.75, 3.05) is 36.6 Å². The van der Waals surface area contributed by atoms with E-state index in [9.17, 15) is 22.2 Å². The molecule has 11 nitrogen and oxygen atoms in total. The largest absolute Gasteiger partial charge is 0.497 e. The number of anilines is 2. The highest BCUT2D eigenvalue weighted by Crippen LogP contribution is 2.39. The molecule has 5 aromatic rings. The molecule has 1 aliphatic heterocycles. The van der Waals surface area contributed by atoms with Crippen LogP contribution in [0.2, 0.25) is 0 Å². The molecule has 16 heteroatoms. The standard InChI is InChI=1S/C41H46F4N6O5S/c1-40(2,3)48-39(52)37-36-33(51(49-37)35-14-10-11-17-55-35)21-31(47-38(36)46-23-27-18-28(54-5)15-16-32(27)50(4)57(6)53)29-20-30(42)34(19-26(29)22-41(43,44)45)56-24-25-12-8-7-9-13-25/h7-9,12-13,15-16,18-21,35H,10-11,14,17,22-24H2,1-6H3,(H,46,47)(H,48,52). The molecule has 0 radical (unpaired) electrons. The van der Waals surface area contributed by atoms with Crippen LogP contribution in [0.4, 0.5) is 29.1 Å². The Bertz CT molecular complexity index is 2250. The van der Waals surface area contributed by atoms with Crippen molar-refractivity contribution < 1.29 is 40.8 Å². The summed E-state index contributed by atoms with van der Waals surface area (Å²) in [5.74, 6) is -1.11. The molecule has 2 N–H and O–H groups in total. The van der Waals surface area contributed by atoms with E-state index in [0.29, 0.717) is 41.1 Å². The van der Waals surface area contributed by atoms with Crippen molar-refractivity contribution in [1.82, 2.24) is 20.1 Å². The first-order chi connectivity index (χ1) is 27.0. The summed E-state index contributed by atoms with van der Waals surface area (Å²) in [6.07, 6.45) is -2.93. The molecular formula is C41H46F4N6O5S. The van der Waals surface area contributed by atoms with Crippen molar-refractivity contribution in [3.63, 3.8) is 0 Å². The molecule has 304 valence electrons. The van der Waals surface area contributed by atoms with Crippen molar-refractivity contribution in [2.45, 2.75) is 77.5 Å². The van der Waals surface area contributed by atoms with Crippen LogP contribution < -0.4 is 24.4 Å². The monoisotopic (exact) mass is 810 g/mol. The number of hydrogen-bond donors (Lipinski definition) is 2. The lowest BCUT2D eigenvalue weighted by Crippen LogP contribution is -2.41. The van der Waals surface area contributed by atoms with Crippen LogP contribution in [0.15, 0.2) is 66.7 Å². The number of ether oxygens (including phenoxy) is 3. The van der Waals surface area contributed by atoms with E-state index in [4.69, 9.17) is 24.3 Å². The summed E-state index contributed by atoms with van der Waals surface area (Å²) in [6.45, 7) is 5.90. The van der Waals surface area contributed by atoms with Gasteiger partial charge in [-0.15, -0.1) is 0 Å². The lowest BCUT2D eigenvalue weighted by atomic mass is 9.99. The number of pyridine rings is 1. The molecule has 3 heterocycles. The van der Waals surface area contributed by atoms with Crippen LogP contribution >= 0.6 is 0 Å². The van der Waals surface area contributed by atoms with Gasteiger partial charge in [-0.05, 0) is 93.1 Å². The molecule has 2 atom stereocenters. The number of hydrogen-bond acceptors (Lipinski definition) is 8. The molecule has 0 spiro atoms. The Morgan fingerprint density at radius 1 is 1.05 bits per heavy atom. The first-order valence-electron chi connectivity index (χ1n) is 18.4. The van der Waals surface area contributed by atoms with Gasteiger partial charge in [0.15, 0.2) is 23.5 Å². The Hall–Kier alpha value is -5.22. The lowest BCUT2D eigenvalue weighted by molar-refractivity contribution is -0.127. The summed E-state index contributed by atoms with van der Waals surface area (Å²) < 4.78 is 91.7. The van der Waals surface area contributed by atoms with E-state index in [0.717, 1.165) is 25.0 Å². The van der Waals surface area contributed by atoms with E-state index < -0.39 is 47.1 Å². The van der Waals surface area contributed by atoms with Crippen molar-refractivity contribution >= 4 is 39.3 Å². The van der Waals surface area contributed by atoms with E-state index in [1.807, 2.05) is 20.8 Å². The molecule has 1 amide bonds. The van der Waals surface area contributed by atoms with Gasteiger partial charge in [0, 0.05) is 37.6 Å². The van der Waals surface area contributed by atoms with Crippen LogP contribution in [0.5, 0.6) is 11.5 Å². The molecule has 1 aliphatic rings. The molecule has 3 aromatic carbocycles. The summed E-state index contributed by atoms with van der Waals surface area (Å²) in [5.41, 5.74) is 1.26. The minimum absolute atomic E-state index is 0.00450. The second-order valence-corrected chi connectivity index (χ2v) is 16.2. The van der Waals surface area contributed by atoms with E-state index >= 15 is 4.39 Å². The number of alkyl halides is 3. The van der Waals surface area contributed by atoms with Gasteiger partial charge in [-0.2, -0.15) is 18.3 Å². The van der Waals surface area contributed by atoms with Crippen LogP contribution in [0.25, 0.3) is 22.2 Å². The predicted octanol–water partition coefficient (Wildman–Crippen LogP) is 8.50. The number of aromatic nitrogens is 3.